The molecular weight excluding hydrogens is 1410 g/mol. The molecule has 6 aromatic carbocycles. The van der Waals surface area contributed by atoms with Gasteiger partial charge >= 0.3 is 418 Å². The Kier molecular flexibility index (Phi) is 31.9. The zero-order chi connectivity index (χ0) is 45.2. The number of hydrogen-bond donors (Lipinski definition) is 1. The molecule has 6 aromatic rings. The molecule has 0 aromatic heterocycles. The molecule has 6 rings (SSSR count). The fourth-order valence-electron chi connectivity index (χ4n) is 4.70. The summed E-state index contributed by atoms with van der Waals surface area (Å²) in [6.45, 7) is 8.71. The number of hydrogen-bond acceptors (Lipinski definition) is 1. The summed E-state index contributed by atoms with van der Waals surface area (Å²) in [4.78, 5) is 28.3. The predicted octanol–water partition coefficient (Wildman–Crippen LogP) is 16.5. The first-order valence-electron chi connectivity index (χ1n) is 19.4. The van der Waals surface area contributed by atoms with Gasteiger partial charge in [-0.2, -0.15) is 0 Å². The Morgan fingerprint density at radius 2 is 0.550 bits per heavy atom. The minimum atomic E-state index is -0.798. The molecule has 60 heavy (non-hydrogen) atoms. The molecule has 0 bridgehead atoms. The Morgan fingerprint density at radius 1 is 0.283 bits per heavy atom. The number of alkyl halides is 12. The molecule has 7 heteroatoms. The van der Waals surface area contributed by atoms with Crippen LogP contribution in [0.2, 0.25) is 0 Å². The predicted molar refractivity (Wildman–Crippen MR) is 331 cm³/mol. The second-order valence-corrected chi connectivity index (χ2v) is 48.2. The molecule has 0 spiro atoms. The average Bonchev–Trinajstić information content (AvgIpc) is 3.23. The van der Waals surface area contributed by atoms with Gasteiger partial charge in [0.15, 0.2) is 0 Å². The summed E-state index contributed by atoms with van der Waals surface area (Å²) in [5, 5.41) is 8.78. The molecular formula is C53H76I6O. The molecule has 336 valence electrons. The number of aryl methyl sites for hydroxylation is 4. The van der Waals surface area contributed by atoms with Crippen LogP contribution in [0.1, 0.15) is 27.8 Å². The Morgan fingerprint density at radius 3 is 0.783 bits per heavy atom. The number of aliphatic hydroxyl groups excluding tert-OH is 1. The summed E-state index contributed by atoms with van der Waals surface area (Å²) in [5.74, 6) is 0. The fraction of sp³-hybridized carbons (Fsp3) is 0.321. The third-order valence-electron chi connectivity index (χ3n) is 8.46. The van der Waals surface area contributed by atoms with E-state index >= 15 is 0 Å². The zero-order valence-corrected chi connectivity index (χ0v) is 52.3. The van der Waals surface area contributed by atoms with Crippen LogP contribution in [-0.4, -0.2) is 64.3 Å². The second-order valence-electron chi connectivity index (χ2n) is 14.8. The van der Waals surface area contributed by atoms with Gasteiger partial charge in [-0.25, -0.2) is 0 Å². The SMILES string of the molecule is CI(C)c1ccc(CO)cc1.CI(C)c1ccccc1.Cc1ccc(I(C)C)cc1.Cc1ccc(I(C)C)cc1.Cc1ccc(I(C)C)cc1.Cc1cccc(I(C)C)c1. The van der Waals surface area contributed by atoms with Crippen molar-refractivity contribution in [2.45, 2.75) is 34.3 Å². The maximum absolute atomic E-state index is 8.78. The van der Waals surface area contributed by atoms with E-state index in [1.165, 1.54) is 25.8 Å². The van der Waals surface area contributed by atoms with Crippen LogP contribution in [0.15, 0.2) is 152 Å². The van der Waals surface area contributed by atoms with E-state index < -0.39 is 119 Å². The van der Waals surface area contributed by atoms with Crippen LogP contribution in [0, 0.1) is 49.1 Å². The van der Waals surface area contributed by atoms with Crippen LogP contribution in [-0.2, 0) is 6.61 Å². The van der Waals surface area contributed by atoms with Crippen LogP contribution < -0.4 is 0 Å². The summed E-state index contributed by atoms with van der Waals surface area (Å²) < 4.78 is 9.37. The van der Waals surface area contributed by atoms with Crippen molar-refractivity contribution in [2.24, 2.45) is 0 Å². The van der Waals surface area contributed by atoms with Crippen molar-refractivity contribution < 1.29 is 5.11 Å². The molecule has 0 heterocycles. The average molecular weight is 1490 g/mol. The van der Waals surface area contributed by atoms with Gasteiger partial charge in [0.1, 0.15) is 0 Å². The first-order valence-corrected chi connectivity index (χ1v) is 51.7. The second kappa shape index (κ2) is 33.2. The van der Waals surface area contributed by atoms with Gasteiger partial charge in [0.25, 0.3) is 0 Å². The molecule has 1 nitrogen and oxygen atoms in total. The van der Waals surface area contributed by atoms with Gasteiger partial charge in [-0.1, -0.05) is 0 Å². The first-order chi connectivity index (χ1) is 28.3. The Labute approximate surface area is 412 Å². The molecule has 0 aliphatic rings. The van der Waals surface area contributed by atoms with Crippen LogP contribution in [0.4, 0.5) is 0 Å². The van der Waals surface area contributed by atoms with Crippen molar-refractivity contribution >= 4 is 119 Å². The van der Waals surface area contributed by atoms with E-state index in [1.807, 2.05) is 12.1 Å². The normalized spacial score (nSPS) is 11.3. The van der Waals surface area contributed by atoms with Crippen molar-refractivity contribution in [3.05, 3.63) is 201 Å². The van der Waals surface area contributed by atoms with Crippen molar-refractivity contribution in [3.8, 4) is 0 Å². The number of rotatable bonds is 7. The van der Waals surface area contributed by atoms with Gasteiger partial charge in [-0.15, -0.1) is 0 Å². The summed E-state index contributed by atoms with van der Waals surface area (Å²) in [7, 11) is 0. The summed E-state index contributed by atoms with van der Waals surface area (Å²) in [6.07, 6.45) is 0. The third-order valence-corrected chi connectivity index (χ3v) is 27.7. The molecule has 0 unspecified atom stereocenters. The van der Waals surface area contributed by atoms with E-state index in [1.54, 1.807) is 17.9 Å². The molecule has 0 saturated carbocycles. The zero-order valence-electron chi connectivity index (χ0n) is 39.4. The van der Waals surface area contributed by atoms with Gasteiger partial charge < -0.3 is 0 Å². The number of aliphatic hydroxyl groups is 1. The van der Waals surface area contributed by atoms with E-state index in [4.69, 9.17) is 5.11 Å². The van der Waals surface area contributed by atoms with Crippen LogP contribution >= 0.6 is 119 Å². The quantitative estimate of drug-likeness (QED) is 0.125. The van der Waals surface area contributed by atoms with E-state index in [0.29, 0.717) is 0 Å². The molecule has 0 aliphatic carbocycles. The first kappa shape index (κ1) is 57.7. The van der Waals surface area contributed by atoms with E-state index in [-0.39, 0.29) is 6.61 Å². The van der Waals surface area contributed by atoms with Gasteiger partial charge in [0.05, 0.1) is 0 Å². The van der Waals surface area contributed by atoms with E-state index in [0.717, 1.165) is 5.56 Å². The van der Waals surface area contributed by atoms with Gasteiger partial charge in [0.2, 0.25) is 0 Å². The fourth-order valence-corrected chi connectivity index (χ4v) is 15.8. The maximum atomic E-state index is 8.78. The van der Waals surface area contributed by atoms with Crippen molar-refractivity contribution in [2.75, 3.05) is 59.2 Å². The van der Waals surface area contributed by atoms with E-state index in [9.17, 15) is 0 Å². The van der Waals surface area contributed by atoms with Gasteiger partial charge in [0, 0.05) is 0 Å². The molecule has 0 atom stereocenters. The summed E-state index contributed by atoms with van der Waals surface area (Å²) in [5.41, 5.74) is 6.49. The summed E-state index contributed by atoms with van der Waals surface area (Å²) >= 11 is -4.30. The molecule has 1 N–H and O–H groups in total. The van der Waals surface area contributed by atoms with Crippen molar-refractivity contribution in [1.82, 2.24) is 0 Å². The van der Waals surface area contributed by atoms with Crippen molar-refractivity contribution in [1.29, 1.82) is 0 Å². The Hall–Kier alpha value is -0.340. The van der Waals surface area contributed by atoms with Gasteiger partial charge in [-0.3, -0.25) is 0 Å². The van der Waals surface area contributed by atoms with Crippen molar-refractivity contribution in [3.63, 3.8) is 0 Å². The number of benzene rings is 6. The molecule has 0 fully saturated rings. The minimum absolute atomic E-state index is 0.155. The Bertz CT molecular complexity index is 1840. The molecule has 0 amide bonds. The van der Waals surface area contributed by atoms with E-state index in [2.05, 4.69) is 226 Å². The van der Waals surface area contributed by atoms with Gasteiger partial charge in [-0.05, 0) is 0 Å². The Balaban J connectivity index is 0.000000360. The molecule has 0 aliphatic heterocycles. The standard InChI is InChI=1S/C9H13IO.4C9H13I.C8H11I/c1-10(2)9-5-3-8(7-11)4-6-9;3*1-8-4-6-9(7-5-8)10(2)3;1-8-5-4-6-9(7-8)10(2)3;1-9(2)8-6-4-3-5-7-8/h3-6,11H,7H2,1-2H3;4*4-7H,1-3H3;3-7H,1-2H3. The summed E-state index contributed by atoms with van der Waals surface area (Å²) in [6, 6.07) is 54.7. The molecule has 0 saturated heterocycles. The van der Waals surface area contributed by atoms with Crippen LogP contribution in [0.3, 0.4) is 0 Å². The number of halogens is 6. The van der Waals surface area contributed by atoms with Crippen LogP contribution in [0.5, 0.6) is 0 Å². The monoisotopic (exact) mass is 1490 g/mol. The topological polar surface area (TPSA) is 20.2 Å². The molecule has 0 radical (unpaired) electrons. The van der Waals surface area contributed by atoms with Crippen LogP contribution in [0.25, 0.3) is 0 Å². The third kappa shape index (κ3) is 26.4.